The van der Waals surface area contributed by atoms with E-state index in [0.717, 1.165) is 5.56 Å². The minimum atomic E-state index is -0.460. The molecule has 3 N–H and O–H groups in total. The quantitative estimate of drug-likeness (QED) is 0.754. The summed E-state index contributed by atoms with van der Waals surface area (Å²) in [5.74, 6) is 0.355. The summed E-state index contributed by atoms with van der Waals surface area (Å²) >= 11 is 0. The van der Waals surface area contributed by atoms with E-state index in [2.05, 4.69) is 10.3 Å². The molecule has 0 aromatic carbocycles. The van der Waals surface area contributed by atoms with Crippen molar-refractivity contribution in [3.05, 3.63) is 23.9 Å². The van der Waals surface area contributed by atoms with E-state index in [1.165, 1.54) is 0 Å². The fraction of sp³-hybridized carbons (Fsp3) is 0.400. The van der Waals surface area contributed by atoms with Gasteiger partial charge in [-0.3, -0.25) is 4.79 Å². The van der Waals surface area contributed by atoms with E-state index < -0.39 is 6.04 Å². The second-order valence-corrected chi connectivity index (χ2v) is 3.22. The molecule has 0 saturated heterocycles. The number of aromatic nitrogens is 1. The summed E-state index contributed by atoms with van der Waals surface area (Å²) in [7, 11) is 0. The highest BCUT2D eigenvalue weighted by Gasteiger charge is 2.10. The van der Waals surface area contributed by atoms with Gasteiger partial charge in [-0.1, -0.05) is 13.0 Å². The average molecular weight is 193 g/mol. The summed E-state index contributed by atoms with van der Waals surface area (Å²) in [6.45, 7) is 3.81. The highest BCUT2D eigenvalue weighted by molar-refractivity contribution is 5.93. The largest absolute Gasteiger partial charge is 0.320 e. The lowest BCUT2D eigenvalue weighted by Gasteiger charge is -2.08. The van der Waals surface area contributed by atoms with Gasteiger partial charge in [-0.25, -0.2) is 4.98 Å². The molecule has 0 saturated carbocycles. The molecule has 0 radical (unpaired) electrons. The number of aryl methyl sites for hydroxylation is 1. The van der Waals surface area contributed by atoms with E-state index in [1.54, 1.807) is 12.3 Å². The van der Waals surface area contributed by atoms with Gasteiger partial charge in [-0.15, -0.1) is 0 Å². The predicted octanol–water partition coefficient (Wildman–Crippen LogP) is 1.07. The number of carbonyl (C=O) groups is 1. The summed E-state index contributed by atoms with van der Waals surface area (Å²) < 4.78 is 0. The van der Waals surface area contributed by atoms with Crippen LogP contribution in [0.25, 0.3) is 0 Å². The van der Waals surface area contributed by atoms with E-state index >= 15 is 0 Å². The van der Waals surface area contributed by atoms with Crippen LogP contribution in [0, 0.1) is 6.92 Å². The van der Waals surface area contributed by atoms with E-state index in [9.17, 15) is 4.79 Å². The number of pyridine rings is 1. The first-order chi connectivity index (χ1) is 6.63. The molecule has 1 rings (SSSR count). The van der Waals surface area contributed by atoms with Crippen LogP contribution in [0.4, 0.5) is 5.82 Å². The van der Waals surface area contributed by atoms with Gasteiger partial charge in [0.05, 0.1) is 6.04 Å². The Morgan fingerprint density at radius 3 is 2.86 bits per heavy atom. The van der Waals surface area contributed by atoms with E-state index in [-0.39, 0.29) is 5.91 Å². The zero-order chi connectivity index (χ0) is 10.6. The van der Waals surface area contributed by atoms with Crippen molar-refractivity contribution >= 4 is 11.7 Å². The van der Waals surface area contributed by atoms with Gasteiger partial charge < -0.3 is 11.1 Å². The molecule has 0 bridgehead atoms. The molecule has 4 nitrogen and oxygen atoms in total. The number of amides is 1. The van der Waals surface area contributed by atoms with Gasteiger partial charge in [0.15, 0.2) is 0 Å². The Bertz CT molecular complexity index is 308. The third-order valence-electron chi connectivity index (χ3n) is 1.94. The SMILES string of the molecule is CCC(N)C(=O)Nc1ccc(C)cn1. The zero-order valence-electron chi connectivity index (χ0n) is 8.45. The maximum atomic E-state index is 11.4. The summed E-state index contributed by atoms with van der Waals surface area (Å²) in [6.07, 6.45) is 2.32. The summed E-state index contributed by atoms with van der Waals surface area (Å²) in [5, 5.41) is 2.64. The molecule has 4 heteroatoms. The Balaban J connectivity index is 2.60. The van der Waals surface area contributed by atoms with Gasteiger partial charge in [-0.2, -0.15) is 0 Å². The Kier molecular flexibility index (Phi) is 3.59. The van der Waals surface area contributed by atoms with E-state index in [4.69, 9.17) is 5.73 Å². The Labute approximate surface area is 83.5 Å². The van der Waals surface area contributed by atoms with Crippen molar-refractivity contribution in [2.75, 3.05) is 5.32 Å². The van der Waals surface area contributed by atoms with Crippen molar-refractivity contribution in [1.29, 1.82) is 0 Å². The number of carbonyl (C=O) groups excluding carboxylic acids is 1. The first-order valence-electron chi connectivity index (χ1n) is 4.62. The van der Waals surface area contributed by atoms with Crippen molar-refractivity contribution in [2.24, 2.45) is 5.73 Å². The normalized spacial score (nSPS) is 12.2. The Morgan fingerprint density at radius 2 is 2.36 bits per heavy atom. The fourth-order valence-electron chi connectivity index (χ4n) is 0.946. The fourth-order valence-corrected chi connectivity index (χ4v) is 0.946. The molecule has 76 valence electrons. The number of anilines is 1. The minimum Gasteiger partial charge on any atom is -0.320 e. The molecular formula is C10H15N3O. The molecule has 1 amide bonds. The van der Waals surface area contributed by atoms with E-state index in [0.29, 0.717) is 12.2 Å². The number of nitrogens with two attached hydrogens (primary N) is 1. The molecule has 0 aliphatic heterocycles. The smallest absolute Gasteiger partial charge is 0.242 e. The minimum absolute atomic E-state index is 0.191. The van der Waals surface area contributed by atoms with Gasteiger partial charge >= 0.3 is 0 Å². The van der Waals surface area contributed by atoms with Crippen LogP contribution in [0.3, 0.4) is 0 Å². The van der Waals surface area contributed by atoms with Crippen LogP contribution in [0.15, 0.2) is 18.3 Å². The monoisotopic (exact) mass is 193 g/mol. The van der Waals surface area contributed by atoms with Crippen LogP contribution < -0.4 is 11.1 Å². The average Bonchev–Trinajstić information content (AvgIpc) is 2.20. The third-order valence-corrected chi connectivity index (χ3v) is 1.94. The lowest BCUT2D eigenvalue weighted by Crippen LogP contribution is -2.35. The van der Waals surface area contributed by atoms with Gasteiger partial charge in [0.25, 0.3) is 0 Å². The second-order valence-electron chi connectivity index (χ2n) is 3.22. The van der Waals surface area contributed by atoms with E-state index in [1.807, 2.05) is 19.9 Å². The van der Waals surface area contributed by atoms with Crippen LogP contribution in [0.2, 0.25) is 0 Å². The Morgan fingerprint density at radius 1 is 1.64 bits per heavy atom. The number of nitrogens with one attached hydrogen (secondary N) is 1. The summed E-state index contributed by atoms with van der Waals surface area (Å²) in [4.78, 5) is 15.4. The molecule has 0 aliphatic rings. The summed E-state index contributed by atoms with van der Waals surface area (Å²) in [6, 6.07) is 3.19. The van der Waals surface area contributed by atoms with Crippen molar-refractivity contribution in [1.82, 2.24) is 4.98 Å². The van der Waals surface area contributed by atoms with Crippen LogP contribution in [0.1, 0.15) is 18.9 Å². The zero-order valence-corrected chi connectivity index (χ0v) is 8.45. The number of hydrogen-bond donors (Lipinski definition) is 2. The van der Waals surface area contributed by atoms with Crippen molar-refractivity contribution in [3.63, 3.8) is 0 Å². The lowest BCUT2D eigenvalue weighted by molar-refractivity contribution is -0.117. The number of hydrogen-bond acceptors (Lipinski definition) is 3. The first kappa shape index (κ1) is 10.7. The summed E-state index contributed by atoms with van der Waals surface area (Å²) in [5.41, 5.74) is 6.61. The Hall–Kier alpha value is -1.42. The molecule has 0 aliphatic carbocycles. The molecule has 1 unspecified atom stereocenters. The highest BCUT2D eigenvalue weighted by Crippen LogP contribution is 2.04. The standard InChI is InChI=1S/C10H15N3O/c1-3-8(11)10(14)13-9-5-4-7(2)6-12-9/h4-6,8H,3,11H2,1-2H3,(H,12,13,14). The second kappa shape index (κ2) is 4.72. The lowest BCUT2D eigenvalue weighted by atomic mass is 10.2. The van der Waals surface area contributed by atoms with Crippen LogP contribution in [0.5, 0.6) is 0 Å². The molecule has 1 heterocycles. The topological polar surface area (TPSA) is 68.0 Å². The molecule has 1 atom stereocenters. The number of rotatable bonds is 3. The number of nitrogens with zero attached hydrogens (tertiary/aromatic N) is 1. The van der Waals surface area contributed by atoms with Crippen molar-refractivity contribution < 1.29 is 4.79 Å². The van der Waals surface area contributed by atoms with Gasteiger partial charge in [0.2, 0.25) is 5.91 Å². The molecular weight excluding hydrogens is 178 g/mol. The van der Waals surface area contributed by atoms with Gasteiger partial charge in [0.1, 0.15) is 5.82 Å². The molecule has 14 heavy (non-hydrogen) atoms. The van der Waals surface area contributed by atoms with Crippen molar-refractivity contribution in [3.8, 4) is 0 Å². The predicted molar refractivity (Wildman–Crippen MR) is 55.9 cm³/mol. The van der Waals surface area contributed by atoms with Gasteiger partial charge in [0, 0.05) is 6.20 Å². The highest BCUT2D eigenvalue weighted by atomic mass is 16.2. The molecule has 0 fully saturated rings. The van der Waals surface area contributed by atoms with Crippen LogP contribution in [-0.2, 0) is 4.79 Å². The molecule has 1 aromatic heterocycles. The first-order valence-corrected chi connectivity index (χ1v) is 4.62. The third kappa shape index (κ3) is 2.81. The maximum absolute atomic E-state index is 11.4. The maximum Gasteiger partial charge on any atom is 0.242 e. The van der Waals surface area contributed by atoms with Crippen molar-refractivity contribution in [2.45, 2.75) is 26.3 Å². The molecule has 0 spiro atoms. The molecule has 1 aromatic rings. The van der Waals surface area contributed by atoms with Crippen LogP contribution >= 0.6 is 0 Å². The van der Waals surface area contributed by atoms with Crippen LogP contribution in [-0.4, -0.2) is 16.9 Å². The van der Waals surface area contributed by atoms with Gasteiger partial charge in [-0.05, 0) is 25.0 Å².